The lowest BCUT2D eigenvalue weighted by Gasteiger charge is -2.26. The van der Waals surface area contributed by atoms with Crippen molar-refractivity contribution >= 4 is 21.7 Å². The van der Waals surface area contributed by atoms with Gasteiger partial charge in [0.05, 0.1) is 6.54 Å². The topological polar surface area (TPSA) is 20.3 Å². The van der Waals surface area contributed by atoms with Crippen molar-refractivity contribution in [2.75, 3.05) is 6.54 Å². The molecule has 2 rings (SSSR count). The van der Waals surface area contributed by atoms with E-state index in [1.54, 1.807) is 0 Å². The summed E-state index contributed by atoms with van der Waals surface area (Å²) in [5.41, 5.74) is 0.798. The molecule has 0 radical (unpaired) electrons. The van der Waals surface area contributed by atoms with Gasteiger partial charge >= 0.3 is 0 Å². The van der Waals surface area contributed by atoms with Crippen LogP contribution in [0.4, 0.5) is 0 Å². The van der Waals surface area contributed by atoms with Gasteiger partial charge in [-0.25, -0.2) is 0 Å². The lowest BCUT2D eigenvalue weighted by atomic mass is 10.1. The van der Waals surface area contributed by atoms with Gasteiger partial charge in [-0.1, -0.05) is 41.1 Å². The molecule has 2 unspecified atom stereocenters. The number of ketones is 1. The normalized spacial score (nSPS) is 24.4. The maximum Gasteiger partial charge on any atom is 0.177 e. The number of rotatable bonds is 4. The zero-order chi connectivity index (χ0) is 13.1. The van der Waals surface area contributed by atoms with Gasteiger partial charge in [0.2, 0.25) is 0 Å². The van der Waals surface area contributed by atoms with Crippen LogP contribution in [0.15, 0.2) is 28.7 Å². The van der Waals surface area contributed by atoms with Crippen molar-refractivity contribution in [1.29, 1.82) is 0 Å². The van der Waals surface area contributed by atoms with Crippen LogP contribution in [-0.2, 0) is 0 Å². The number of benzene rings is 1. The molecule has 1 aromatic carbocycles. The molecule has 0 amide bonds. The molecule has 3 heteroatoms. The number of hydrogen-bond acceptors (Lipinski definition) is 2. The molecule has 0 aromatic heterocycles. The van der Waals surface area contributed by atoms with Crippen molar-refractivity contribution in [3.8, 4) is 0 Å². The first-order valence-electron chi connectivity index (χ1n) is 6.67. The van der Waals surface area contributed by atoms with E-state index in [0.717, 1.165) is 16.5 Å². The SMILES string of the molecule is CCC1CCC(C)N1CC(=O)c1ccccc1Br. The van der Waals surface area contributed by atoms with Crippen LogP contribution in [0, 0.1) is 0 Å². The van der Waals surface area contributed by atoms with Gasteiger partial charge in [0.1, 0.15) is 0 Å². The Hall–Kier alpha value is -0.670. The Kier molecular flexibility index (Phi) is 4.57. The molecule has 1 aliphatic heterocycles. The second-order valence-corrected chi connectivity index (χ2v) is 5.92. The Labute approximate surface area is 117 Å². The number of Topliss-reactive ketones (excluding diaryl/α,β-unsaturated/α-hetero) is 1. The Morgan fingerprint density at radius 1 is 1.39 bits per heavy atom. The second-order valence-electron chi connectivity index (χ2n) is 5.06. The molecule has 18 heavy (non-hydrogen) atoms. The van der Waals surface area contributed by atoms with Crippen LogP contribution in [0.2, 0.25) is 0 Å². The van der Waals surface area contributed by atoms with Gasteiger partial charge in [0, 0.05) is 22.1 Å². The maximum atomic E-state index is 12.4. The fraction of sp³-hybridized carbons (Fsp3) is 0.533. The number of likely N-dealkylation sites (tertiary alicyclic amines) is 1. The van der Waals surface area contributed by atoms with Crippen LogP contribution >= 0.6 is 15.9 Å². The quantitative estimate of drug-likeness (QED) is 0.786. The molecule has 0 saturated carbocycles. The van der Waals surface area contributed by atoms with Crippen molar-refractivity contribution in [2.24, 2.45) is 0 Å². The summed E-state index contributed by atoms with van der Waals surface area (Å²) in [5.74, 6) is 0.217. The largest absolute Gasteiger partial charge is 0.293 e. The summed E-state index contributed by atoms with van der Waals surface area (Å²) in [6.07, 6.45) is 3.57. The van der Waals surface area contributed by atoms with E-state index < -0.39 is 0 Å². The van der Waals surface area contributed by atoms with Crippen LogP contribution in [0.25, 0.3) is 0 Å². The van der Waals surface area contributed by atoms with Gasteiger partial charge in [-0.3, -0.25) is 9.69 Å². The summed E-state index contributed by atoms with van der Waals surface area (Å²) in [5, 5.41) is 0. The van der Waals surface area contributed by atoms with E-state index in [4.69, 9.17) is 0 Å². The molecule has 1 aromatic rings. The molecule has 2 atom stereocenters. The van der Waals surface area contributed by atoms with Gasteiger partial charge in [-0.15, -0.1) is 0 Å². The van der Waals surface area contributed by atoms with Crippen molar-refractivity contribution < 1.29 is 4.79 Å². The molecular weight excluding hydrogens is 290 g/mol. The smallest absolute Gasteiger partial charge is 0.177 e. The summed E-state index contributed by atoms with van der Waals surface area (Å²) in [4.78, 5) is 14.7. The monoisotopic (exact) mass is 309 g/mol. The van der Waals surface area contributed by atoms with E-state index >= 15 is 0 Å². The molecule has 1 fully saturated rings. The molecule has 98 valence electrons. The third-order valence-electron chi connectivity index (χ3n) is 3.92. The molecular formula is C15H20BrNO. The Balaban J connectivity index is 2.09. The molecule has 0 N–H and O–H groups in total. The van der Waals surface area contributed by atoms with Crippen LogP contribution in [0.1, 0.15) is 43.5 Å². The van der Waals surface area contributed by atoms with Gasteiger partial charge < -0.3 is 0 Å². The van der Waals surface area contributed by atoms with Gasteiger partial charge in [0.25, 0.3) is 0 Å². The minimum absolute atomic E-state index is 0.217. The summed E-state index contributed by atoms with van der Waals surface area (Å²) in [6, 6.07) is 8.79. The lowest BCUT2D eigenvalue weighted by Crippen LogP contribution is -2.38. The number of halogens is 1. The van der Waals surface area contributed by atoms with Crippen LogP contribution in [-0.4, -0.2) is 29.3 Å². The van der Waals surface area contributed by atoms with Crippen molar-refractivity contribution in [3.05, 3.63) is 34.3 Å². The average molecular weight is 310 g/mol. The molecule has 1 saturated heterocycles. The first-order chi connectivity index (χ1) is 8.63. The Bertz CT molecular complexity index is 432. The predicted molar refractivity (Wildman–Crippen MR) is 78.0 cm³/mol. The van der Waals surface area contributed by atoms with E-state index in [-0.39, 0.29) is 5.78 Å². The van der Waals surface area contributed by atoms with Gasteiger partial charge in [-0.05, 0) is 32.3 Å². The predicted octanol–water partition coefficient (Wildman–Crippen LogP) is 3.89. The van der Waals surface area contributed by atoms with Crippen LogP contribution in [0.3, 0.4) is 0 Å². The minimum atomic E-state index is 0.217. The summed E-state index contributed by atoms with van der Waals surface area (Å²) in [6.45, 7) is 4.98. The van der Waals surface area contributed by atoms with Crippen molar-refractivity contribution in [3.63, 3.8) is 0 Å². The highest BCUT2D eigenvalue weighted by Gasteiger charge is 2.30. The minimum Gasteiger partial charge on any atom is -0.293 e. The molecule has 0 bridgehead atoms. The average Bonchev–Trinajstić information content (AvgIpc) is 2.71. The fourth-order valence-corrected chi connectivity index (χ4v) is 3.29. The lowest BCUT2D eigenvalue weighted by molar-refractivity contribution is 0.0888. The van der Waals surface area contributed by atoms with Gasteiger partial charge in [-0.2, -0.15) is 0 Å². The number of nitrogens with zero attached hydrogens (tertiary/aromatic N) is 1. The number of hydrogen-bond donors (Lipinski definition) is 0. The van der Waals surface area contributed by atoms with E-state index in [1.165, 1.54) is 12.8 Å². The van der Waals surface area contributed by atoms with Crippen molar-refractivity contribution in [2.45, 2.75) is 45.2 Å². The standard InChI is InChI=1S/C15H20BrNO/c1-3-12-9-8-11(2)17(12)10-15(18)13-6-4-5-7-14(13)16/h4-7,11-12H,3,8-10H2,1-2H3. The third-order valence-corrected chi connectivity index (χ3v) is 4.62. The highest BCUT2D eigenvalue weighted by atomic mass is 79.9. The van der Waals surface area contributed by atoms with Crippen LogP contribution < -0.4 is 0 Å². The fourth-order valence-electron chi connectivity index (χ4n) is 2.79. The van der Waals surface area contributed by atoms with Gasteiger partial charge in [0.15, 0.2) is 5.78 Å². The number of carbonyl (C=O) groups excluding carboxylic acids is 1. The highest BCUT2D eigenvalue weighted by Crippen LogP contribution is 2.26. The van der Waals surface area contributed by atoms with E-state index in [9.17, 15) is 4.79 Å². The van der Waals surface area contributed by atoms with Crippen molar-refractivity contribution in [1.82, 2.24) is 4.90 Å². The summed E-state index contributed by atoms with van der Waals surface area (Å²) < 4.78 is 0.898. The third kappa shape index (κ3) is 2.83. The van der Waals surface area contributed by atoms with Crippen LogP contribution in [0.5, 0.6) is 0 Å². The molecule has 1 heterocycles. The molecule has 0 aliphatic carbocycles. The Morgan fingerprint density at radius 3 is 2.78 bits per heavy atom. The Morgan fingerprint density at radius 2 is 2.11 bits per heavy atom. The molecule has 2 nitrogen and oxygen atoms in total. The molecule has 0 spiro atoms. The first kappa shape index (κ1) is 13.8. The maximum absolute atomic E-state index is 12.4. The zero-order valence-corrected chi connectivity index (χ0v) is 12.6. The molecule has 1 aliphatic rings. The highest BCUT2D eigenvalue weighted by molar-refractivity contribution is 9.10. The van der Waals surface area contributed by atoms with E-state index in [1.807, 2.05) is 24.3 Å². The zero-order valence-electron chi connectivity index (χ0n) is 11.0. The number of carbonyl (C=O) groups is 1. The van der Waals surface area contributed by atoms with E-state index in [2.05, 4.69) is 34.7 Å². The first-order valence-corrected chi connectivity index (χ1v) is 7.46. The summed E-state index contributed by atoms with van der Waals surface area (Å²) in [7, 11) is 0. The summed E-state index contributed by atoms with van der Waals surface area (Å²) >= 11 is 3.45. The van der Waals surface area contributed by atoms with E-state index in [0.29, 0.717) is 18.6 Å². The second kappa shape index (κ2) is 5.98.